The molecular formula is C15H23N5O2. The Hall–Kier alpha value is -1.89. The smallest absolute Gasteiger partial charge is 0.241 e. The Morgan fingerprint density at radius 2 is 2.18 bits per heavy atom. The van der Waals surface area contributed by atoms with Gasteiger partial charge in [0.1, 0.15) is 6.54 Å². The summed E-state index contributed by atoms with van der Waals surface area (Å²) in [5.74, 6) is -0.0357. The van der Waals surface area contributed by atoms with E-state index in [1.807, 2.05) is 0 Å². The van der Waals surface area contributed by atoms with Crippen molar-refractivity contribution in [3.63, 3.8) is 0 Å². The number of hydrogen-bond donors (Lipinski definition) is 3. The molecule has 3 rings (SSSR count). The van der Waals surface area contributed by atoms with Crippen molar-refractivity contribution in [3.05, 3.63) is 12.4 Å². The number of amides is 2. The first-order valence-corrected chi connectivity index (χ1v) is 8.04. The lowest BCUT2D eigenvalue weighted by atomic mass is 10.1. The lowest BCUT2D eigenvalue weighted by molar-refractivity contribution is -0.122. The normalized spacial score (nSPS) is 20.8. The number of carbonyl (C=O) groups excluding carboxylic acids is 2. The zero-order chi connectivity index (χ0) is 15.4. The molecule has 1 unspecified atom stereocenters. The van der Waals surface area contributed by atoms with E-state index in [2.05, 4.69) is 21.0 Å². The first kappa shape index (κ1) is 15.0. The van der Waals surface area contributed by atoms with Gasteiger partial charge >= 0.3 is 0 Å². The fourth-order valence-corrected chi connectivity index (χ4v) is 2.69. The van der Waals surface area contributed by atoms with Crippen LogP contribution in [0.25, 0.3) is 0 Å². The Kier molecular flexibility index (Phi) is 4.72. The highest BCUT2D eigenvalue weighted by molar-refractivity contribution is 5.90. The van der Waals surface area contributed by atoms with Gasteiger partial charge in [-0.15, -0.1) is 0 Å². The molecule has 2 heterocycles. The van der Waals surface area contributed by atoms with Crippen LogP contribution in [0.5, 0.6) is 0 Å². The molecule has 0 aromatic carbocycles. The van der Waals surface area contributed by atoms with E-state index in [0.717, 1.165) is 32.2 Å². The number of nitrogens with zero attached hydrogens (tertiary/aromatic N) is 2. The molecule has 7 heteroatoms. The van der Waals surface area contributed by atoms with Crippen molar-refractivity contribution in [1.29, 1.82) is 0 Å². The third kappa shape index (κ3) is 4.56. The van der Waals surface area contributed by atoms with E-state index in [4.69, 9.17) is 0 Å². The van der Waals surface area contributed by atoms with E-state index in [0.29, 0.717) is 24.2 Å². The van der Waals surface area contributed by atoms with Crippen LogP contribution in [-0.4, -0.2) is 40.2 Å². The SMILES string of the molecule is O=C(CCC1CCCN1)Nc1cnn(CC(=O)NC2CC2)c1. The van der Waals surface area contributed by atoms with Crippen LogP contribution >= 0.6 is 0 Å². The van der Waals surface area contributed by atoms with Gasteiger partial charge in [-0.1, -0.05) is 0 Å². The summed E-state index contributed by atoms with van der Waals surface area (Å²) in [6.07, 6.45) is 9.14. The van der Waals surface area contributed by atoms with Gasteiger partial charge in [0, 0.05) is 24.7 Å². The van der Waals surface area contributed by atoms with Gasteiger partial charge in [-0.05, 0) is 38.6 Å². The van der Waals surface area contributed by atoms with Gasteiger partial charge in [0.05, 0.1) is 11.9 Å². The molecule has 2 amide bonds. The second-order valence-corrected chi connectivity index (χ2v) is 6.15. The topological polar surface area (TPSA) is 88.1 Å². The third-order valence-corrected chi connectivity index (χ3v) is 4.05. The molecule has 0 radical (unpaired) electrons. The highest BCUT2D eigenvalue weighted by Crippen LogP contribution is 2.18. The fourth-order valence-electron chi connectivity index (χ4n) is 2.69. The zero-order valence-corrected chi connectivity index (χ0v) is 12.7. The predicted molar refractivity (Wildman–Crippen MR) is 82.3 cm³/mol. The lowest BCUT2D eigenvalue weighted by Gasteiger charge is -2.09. The molecule has 0 bridgehead atoms. The summed E-state index contributed by atoms with van der Waals surface area (Å²) < 4.78 is 1.55. The maximum absolute atomic E-state index is 11.9. The van der Waals surface area contributed by atoms with Crippen LogP contribution < -0.4 is 16.0 Å². The van der Waals surface area contributed by atoms with Crippen molar-refractivity contribution in [2.45, 2.75) is 57.2 Å². The molecule has 1 saturated carbocycles. The van der Waals surface area contributed by atoms with Gasteiger partial charge < -0.3 is 16.0 Å². The minimum Gasteiger partial charge on any atom is -0.352 e. The Balaban J connectivity index is 1.40. The number of rotatable bonds is 7. The van der Waals surface area contributed by atoms with Gasteiger partial charge in [0.15, 0.2) is 0 Å². The van der Waals surface area contributed by atoms with Crippen LogP contribution in [0.15, 0.2) is 12.4 Å². The largest absolute Gasteiger partial charge is 0.352 e. The van der Waals surface area contributed by atoms with E-state index in [1.54, 1.807) is 17.1 Å². The Bertz CT molecular complexity index is 532. The van der Waals surface area contributed by atoms with Gasteiger partial charge in [-0.3, -0.25) is 14.3 Å². The van der Waals surface area contributed by atoms with Crippen LogP contribution in [0.3, 0.4) is 0 Å². The Labute approximate surface area is 129 Å². The van der Waals surface area contributed by atoms with Crippen molar-refractivity contribution in [2.75, 3.05) is 11.9 Å². The molecule has 0 spiro atoms. The molecule has 120 valence electrons. The lowest BCUT2D eigenvalue weighted by Crippen LogP contribution is -2.29. The van der Waals surface area contributed by atoms with E-state index >= 15 is 0 Å². The number of carbonyl (C=O) groups is 2. The molecule has 1 aromatic heterocycles. The maximum atomic E-state index is 11.9. The number of aromatic nitrogens is 2. The van der Waals surface area contributed by atoms with Crippen molar-refractivity contribution in [1.82, 2.24) is 20.4 Å². The quantitative estimate of drug-likeness (QED) is 0.689. The monoisotopic (exact) mass is 305 g/mol. The van der Waals surface area contributed by atoms with Gasteiger partial charge in [-0.25, -0.2) is 0 Å². The van der Waals surface area contributed by atoms with Gasteiger partial charge in [0.2, 0.25) is 11.8 Å². The van der Waals surface area contributed by atoms with E-state index < -0.39 is 0 Å². The second kappa shape index (κ2) is 6.91. The minimum atomic E-state index is -0.0317. The standard InChI is InChI=1S/C15H23N5O2/c21-14(6-5-11-2-1-7-16-11)19-13-8-17-20(9-13)10-15(22)18-12-3-4-12/h8-9,11-12,16H,1-7,10H2,(H,18,22)(H,19,21). The number of hydrogen-bond acceptors (Lipinski definition) is 4. The van der Waals surface area contributed by atoms with Gasteiger partial charge in [-0.2, -0.15) is 5.10 Å². The van der Waals surface area contributed by atoms with Crippen LogP contribution in [0.1, 0.15) is 38.5 Å². The van der Waals surface area contributed by atoms with Crippen LogP contribution in [0.4, 0.5) is 5.69 Å². The summed E-state index contributed by atoms with van der Waals surface area (Å²) in [7, 11) is 0. The predicted octanol–water partition coefficient (Wildman–Crippen LogP) is 0.632. The summed E-state index contributed by atoms with van der Waals surface area (Å²) in [6, 6.07) is 0.825. The fraction of sp³-hybridized carbons (Fsp3) is 0.667. The average molecular weight is 305 g/mol. The second-order valence-electron chi connectivity index (χ2n) is 6.15. The first-order chi connectivity index (χ1) is 10.7. The van der Waals surface area contributed by atoms with E-state index in [9.17, 15) is 9.59 Å². The molecule has 1 aliphatic carbocycles. The molecule has 1 atom stereocenters. The van der Waals surface area contributed by atoms with E-state index in [1.165, 1.54) is 6.42 Å². The van der Waals surface area contributed by atoms with Crippen LogP contribution in [-0.2, 0) is 16.1 Å². The molecular weight excluding hydrogens is 282 g/mol. The maximum Gasteiger partial charge on any atom is 0.241 e. The molecule has 1 aromatic rings. The molecule has 2 fully saturated rings. The molecule has 22 heavy (non-hydrogen) atoms. The summed E-state index contributed by atoms with van der Waals surface area (Å²) in [5.41, 5.74) is 0.642. The zero-order valence-electron chi connectivity index (χ0n) is 12.7. The third-order valence-electron chi connectivity index (χ3n) is 4.05. The van der Waals surface area contributed by atoms with Crippen LogP contribution in [0, 0.1) is 0 Å². The van der Waals surface area contributed by atoms with Gasteiger partial charge in [0.25, 0.3) is 0 Å². The Morgan fingerprint density at radius 1 is 1.32 bits per heavy atom. The highest BCUT2D eigenvalue weighted by Gasteiger charge is 2.23. The molecule has 7 nitrogen and oxygen atoms in total. The van der Waals surface area contributed by atoms with Crippen molar-refractivity contribution in [3.8, 4) is 0 Å². The van der Waals surface area contributed by atoms with Crippen LogP contribution in [0.2, 0.25) is 0 Å². The first-order valence-electron chi connectivity index (χ1n) is 8.04. The minimum absolute atomic E-state index is 0.00400. The summed E-state index contributed by atoms with van der Waals surface area (Å²) in [6.45, 7) is 1.25. The molecule has 2 aliphatic rings. The summed E-state index contributed by atoms with van der Waals surface area (Å²) >= 11 is 0. The van der Waals surface area contributed by atoms with Crippen molar-refractivity contribution in [2.24, 2.45) is 0 Å². The number of nitrogens with one attached hydrogen (secondary N) is 3. The molecule has 1 aliphatic heterocycles. The number of anilines is 1. The summed E-state index contributed by atoms with van der Waals surface area (Å²) in [4.78, 5) is 23.6. The van der Waals surface area contributed by atoms with Crippen molar-refractivity contribution < 1.29 is 9.59 Å². The van der Waals surface area contributed by atoms with E-state index in [-0.39, 0.29) is 18.4 Å². The highest BCUT2D eigenvalue weighted by atomic mass is 16.2. The summed E-state index contributed by atoms with van der Waals surface area (Å²) in [5, 5.41) is 13.2. The van der Waals surface area contributed by atoms with Crippen molar-refractivity contribution >= 4 is 17.5 Å². The average Bonchev–Trinajstić information content (AvgIpc) is 2.98. The Morgan fingerprint density at radius 3 is 2.91 bits per heavy atom. The molecule has 1 saturated heterocycles. The molecule has 3 N–H and O–H groups in total.